The third kappa shape index (κ3) is 8.45. The van der Waals surface area contributed by atoms with Gasteiger partial charge >= 0.3 is 0 Å². The van der Waals surface area contributed by atoms with E-state index >= 15 is 0 Å². The van der Waals surface area contributed by atoms with Crippen molar-refractivity contribution in [2.24, 2.45) is 0 Å². The lowest BCUT2D eigenvalue weighted by molar-refractivity contribution is -0.140. The fourth-order valence-corrected chi connectivity index (χ4v) is 1.74. The molecule has 0 aromatic heterocycles. The van der Waals surface area contributed by atoms with E-state index in [-0.39, 0.29) is 11.8 Å². The molecule has 0 aliphatic heterocycles. The number of carbonyl (C=O) groups excluding carboxylic acids is 2. The Bertz CT molecular complexity index is 466. The number of nitrogens with zero attached hydrogens (tertiary/aromatic N) is 1. The van der Waals surface area contributed by atoms with Crippen molar-refractivity contribution < 1.29 is 9.59 Å². The smallest absolute Gasteiger partial charge is 0.253 e. The van der Waals surface area contributed by atoms with Gasteiger partial charge in [-0.05, 0) is 30.2 Å². The Hall–Kier alpha value is -1.42. The molecule has 0 bridgehead atoms. The normalized spacial score (nSPS) is 9.95. The van der Waals surface area contributed by atoms with Crippen molar-refractivity contribution in [2.45, 2.75) is 40.5 Å². The Balaban J connectivity index is 0.00000122. The molecule has 0 heterocycles. The number of hydrogen-bond acceptors (Lipinski definition) is 2. The molecule has 3 nitrogen and oxygen atoms in total. The van der Waals surface area contributed by atoms with Crippen LogP contribution in [0.15, 0.2) is 34.8 Å². The molecule has 4 heteroatoms. The highest BCUT2D eigenvalue weighted by atomic mass is 79.9. The molecule has 0 unspecified atom stereocenters. The number of carbonyl (C=O) groups is 2. The second-order valence-corrected chi connectivity index (χ2v) is 5.52. The number of hydrogen-bond donors (Lipinski definition) is 0. The summed E-state index contributed by atoms with van der Waals surface area (Å²) in [6, 6.07) is 7.59. The molecule has 1 aromatic carbocycles. The number of benzene rings is 1. The molecule has 0 atom stereocenters. The minimum Gasteiger partial charge on any atom is -0.279 e. The summed E-state index contributed by atoms with van der Waals surface area (Å²) < 4.78 is 0.988. The van der Waals surface area contributed by atoms with Crippen LogP contribution in [0.3, 0.4) is 0 Å². The van der Waals surface area contributed by atoms with Crippen molar-refractivity contribution >= 4 is 33.8 Å². The zero-order chi connectivity index (χ0) is 16.3. The largest absolute Gasteiger partial charge is 0.279 e. The third-order valence-corrected chi connectivity index (χ3v) is 2.91. The van der Waals surface area contributed by atoms with Crippen LogP contribution in [0.4, 0.5) is 0 Å². The highest BCUT2D eigenvalue weighted by Gasteiger charge is 2.13. The molecule has 2 amide bonds. The SMILES string of the molecule is CCC.CCCN(C(C)=O)C(=O)/C=C/c1ccc(Br)cc1. The molecular weight excluding hydrogens is 330 g/mol. The van der Waals surface area contributed by atoms with Gasteiger partial charge in [0, 0.05) is 24.0 Å². The summed E-state index contributed by atoms with van der Waals surface area (Å²) in [6.45, 7) is 8.04. The molecular formula is C17H24BrNO2. The molecule has 1 aromatic rings. The Morgan fingerprint density at radius 3 is 2.10 bits per heavy atom. The van der Waals surface area contributed by atoms with Crippen molar-refractivity contribution in [3.8, 4) is 0 Å². The van der Waals surface area contributed by atoms with E-state index in [2.05, 4.69) is 29.8 Å². The second-order valence-electron chi connectivity index (χ2n) is 4.60. The fourth-order valence-electron chi connectivity index (χ4n) is 1.48. The van der Waals surface area contributed by atoms with Crippen LogP contribution < -0.4 is 0 Å². The maximum atomic E-state index is 11.8. The molecule has 1 rings (SSSR count). The highest BCUT2D eigenvalue weighted by Crippen LogP contribution is 2.11. The molecule has 0 N–H and O–H groups in total. The van der Waals surface area contributed by atoms with Crippen LogP contribution >= 0.6 is 15.9 Å². The van der Waals surface area contributed by atoms with E-state index in [0.29, 0.717) is 6.54 Å². The summed E-state index contributed by atoms with van der Waals surface area (Å²) in [4.78, 5) is 24.4. The van der Waals surface area contributed by atoms with Crippen LogP contribution in [0.5, 0.6) is 0 Å². The van der Waals surface area contributed by atoms with Gasteiger partial charge in [0.2, 0.25) is 5.91 Å². The number of imide groups is 1. The van der Waals surface area contributed by atoms with Gasteiger partial charge < -0.3 is 0 Å². The van der Waals surface area contributed by atoms with E-state index in [1.54, 1.807) is 6.08 Å². The summed E-state index contributed by atoms with van der Waals surface area (Å²) in [5.41, 5.74) is 0.923. The van der Waals surface area contributed by atoms with Crippen molar-refractivity contribution in [1.29, 1.82) is 0 Å². The zero-order valence-electron chi connectivity index (χ0n) is 13.2. The summed E-state index contributed by atoms with van der Waals surface area (Å²) >= 11 is 3.34. The number of halogens is 1. The quantitative estimate of drug-likeness (QED) is 0.738. The minimum absolute atomic E-state index is 0.220. The third-order valence-electron chi connectivity index (χ3n) is 2.38. The number of amides is 2. The summed E-state index contributed by atoms with van der Waals surface area (Å²) in [7, 11) is 0. The van der Waals surface area contributed by atoms with Crippen molar-refractivity contribution in [3.63, 3.8) is 0 Å². The molecule has 0 saturated heterocycles. The first-order valence-corrected chi connectivity index (χ1v) is 8.01. The average Bonchev–Trinajstić information content (AvgIpc) is 2.44. The average molecular weight is 354 g/mol. The first-order chi connectivity index (χ1) is 9.96. The Kier molecular flexibility index (Phi) is 10.5. The first-order valence-electron chi connectivity index (χ1n) is 7.21. The first kappa shape index (κ1) is 19.6. The predicted molar refractivity (Wildman–Crippen MR) is 91.8 cm³/mol. The topological polar surface area (TPSA) is 37.4 Å². The fraction of sp³-hybridized carbons (Fsp3) is 0.412. The van der Waals surface area contributed by atoms with Gasteiger partial charge in [-0.1, -0.05) is 55.3 Å². The molecule has 0 aliphatic carbocycles. The molecule has 0 radical (unpaired) electrons. The molecule has 0 spiro atoms. The number of rotatable bonds is 4. The molecule has 116 valence electrons. The minimum atomic E-state index is -0.271. The molecule has 0 saturated carbocycles. The van der Waals surface area contributed by atoms with E-state index in [0.717, 1.165) is 16.5 Å². The predicted octanol–water partition coefficient (Wildman–Crippen LogP) is 4.66. The van der Waals surface area contributed by atoms with E-state index in [1.807, 2.05) is 31.2 Å². The van der Waals surface area contributed by atoms with Crippen molar-refractivity contribution in [2.75, 3.05) is 6.54 Å². The van der Waals surface area contributed by atoms with E-state index in [9.17, 15) is 9.59 Å². The van der Waals surface area contributed by atoms with Gasteiger partial charge in [-0.25, -0.2) is 0 Å². The van der Waals surface area contributed by atoms with Crippen LogP contribution in [0.25, 0.3) is 6.08 Å². The van der Waals surface area contributed by atoms with Crippen molar-refractivity contribution in [3.05, 3.63) is 40.4 Å². The Morgan fingerprint density at radius 1 is 1.14 bits per heavy atom. The van der Waals surface area contributed by atoms with Crippen LogP contribution in [0.1, 0.15) is 46.1 Å². The lowest BCUT2D eigenvalue weighted by Crippen LogP contribution is -2.34. The highest BCUT2D eigenvalue weighted by molar-refractivity contribution is 9.10. The van der Waals surface area contributed by atoms with Gasteiger partial charge in [0.1, 0.15) is 0 Å². The molecule has 0 aliphatic rings. The zero-order valence-corrected chi connectivity index (χ0v) is 14.8. The lowest BCUT2D eigenvalue weighted by atomic mass is 10.2. The van der Waals surface area contributed by atoms with E-state index < -0.39 is 0 Å². The molecule has 21 heavy (non-hydrogen) atoms. The van der Waals surface area contributed by atoms with E-state index in [4.69, 9.17) is 0 Å². The maximum absolute atomic E-state index is 11.8. The summed E-state index contributed by atoms with van der Waals surface area (Å²) in [6.07, 6.45) is 5.15. The maximum Gasteiger partial charge on any atom is 0.253 e. The Morgan fingerprint density at radius 2 is 1.67 bits per heavy atom. The van der Waals surface area contributed by atoms with Gasteiger partial charge in [-0.3, -0.25) is 14.5 Å². The van der Waals surface area contributed by atoms with Gasteiger partial charge in [0.15, 0.2) is 0 Å². The van der Waals surface area contributed by atoms with Gasteiger partial charge in [-0.15, -0.1) is 0 Å². The lowest BCUT2D eigenvalue weighted by Gasteiger charge is -2.15. The molecule has 0 fully saturated rings. The second kappa shape index (κ2) is 11.3. The Labute approximate surface area is 136 Å². The van der Waals surface area contributed by atoms with Gasteiger partial charge in [0.05, 0.1) is 0 Å². The monoisotopic (exact) mass is 353 g/mol. The summed E-state index contributed by atoms with van der Waals surface area (Å²) in [5, 5.41) is 0. The van der Waals surface area contributed by atoms with Crippen LogP contribution in [-0.4, -0.2) is 23.3 Å². The van der Waals surface area contributed by atoms with Gasteiger partial charge in [-0.2, -0.15) is 0 Å². The van der Waals surface area contributed by atoms with Crippen LogP contribution in [-0.2, 0) is 9.59 Å². The van der Waals surface area contributed by atoms with Crippen molar-refractivity contribution in [1.82, 2.24) is 4.90 Å². The van der Waals surface area contributed by atoms with Crippen LogP contribution in [0, 0.1) is 0 Å². The summed E-state index contributed by atoms with van der Waals surface area (Å²) in [5.74, 6) is -0.491. The van der Waals surface area contributed by atoms with E-state index in [1.165, 1.54) is 24.3 Å². The standard InChI is InChI=1S/C14H16BrNO2.C3H8/c1-3-10-16(11(2)17)14(18)9-6-12-4-7-13(15)8-5-12;1-3-2/h4-9H,3,10H2,1-2H3;3H2,1-2H3/b9-6+;. The van der Waals surface area contributed by atoms with Crippen LogP contribution in [0.2, 0.25) is 0 Å². The van der Waals surface area contributed by atoms with Gasteiger partial charge in [0.25, 0.3) is 5.91 Å².